The van der Waals surface area contributed by atoms with Gasteiger partial charge in [0, 0.05) is 23.5 Å². The van der Waals surface area contributed by atoms with Gasteiger partial charge in [0.1, 0.15) is 0 Å². The van der Waals surface area contributed by atoms with Crippen molar-refractivity contribution in [3.05, 3.63) is 64.1 Å². The molecule has 5 nitrogen and oxygen atoms in total. The molecule has 0 fully saturated rings. The van der Waals surface area contributed by atoms with Crippen LogP contribution in [0.5, 0.6) is 0 Å². The van der Waals surface area contributed by atoms with E-state index in [0.29, 0.717) is 16.8 Å². The molecule has 1 aromatic carbocycles. The van der Waals surface area contributed by atoms with E-state index in [1.54, 1.807) is 31.2 Å². The highest BCUT2D eigenvalue weighted by molar-refractivity contribution is 6.04. The number of para-hydroxylation sites is 1. The molecule has 0 aliphatic carbocycles. The highest BCUT2D eigenvalue weighted by atomic mass is 16.3. The predicted molar refractivity (Wildman–Crippen MR) is 72.1 cm³/mol. The Labute approximate surface area is 109 Å². The second-order valence-corrected chi connectivity index (χ2v) is 4.16. The van der Waals surface area contributed by atoms with Gasteiger partial charge in [0.2, 0.25) is 5.56 Å². The zero-order chi connectivity index (χ0) is 13.8. The number of carbonyl (C=O) groups excluding carboxylic acids is 1. The molecule has 5 heteroatoms. The number of carbonyl (C=O) groups is 1. The van der Waals surface area contributed by atoms with E-state index >= 15 is 0 Å². The Hall–Kier alpha value is -2.40. The smallest absolute Gasteiger partial charge is 0.257 e. The van der Waals surface area contributed by atoms with Gasteiger partial charge in [0.15, 0.2) is 0 Å². The number of aromatic nitrogens is 1. The number of aliphatic hydroxyl groups is 1. The summed E-state index contributed by atoms with van der Waals surface area (Å²) in [6.45, 7) is 1.63. The second-order valence-electron chi connectivity index (χ2n) is 4.16. The van der Waals surface area contributed by atoms with Crippen molar-refractivity contribution >= 4 is 11.6 Å². The summed E-state index contributed by atoms with van der Waals surface area (Å²) in [6.07, 6.45) is 0.676. The Morgan fingerprint density at radius 2 is 2.00 bits per heavy atom. The van der Waals surface area contributed by atoms with Crippen molar-refractivity contribution in [3.63, 3.8) is 0 Å². The van der Waals surface area contributed by atoms with Gasteiger partial charge in [-0.3, -0.25) is 9.59 Å². The topological polar surface area (TPSA) is 82.2 Å². The Bertz CT molecular complexity index is 627. The summed E-state index contributed by atoms with van der Waals surface area (Å²) < 4.78 is 0. The maximum atomic E-state index is 12.0. The summed E-state index contributed by atoms with van der Waals surface area (Å²) in [5.41, 5.74) is 1.27. The number of hydrogen-bond donors (Lipinski definition) is 3. The summed E-state index contributed by atoms with van der Waals surface area (Å²) in [7, 11) is 0. The molecule has 0 aliphatic heterocycles. The predicted octanol–water partition coefficient (Wildman–Crippen LogP) is 1.68. The van der Waals surface area contributed by atoms with Crippen LogP contribution in [0.4, 0.5) is 5.69 Å². The molecule has 0 bridgehead atoms. The number of aliphatic hydroxyl groups excluding tert-OH is 1. The number of benzene rings is 1. The Morgan fingerprint density at radius 3 is 2.63 bits per heavy atom. The molecule has 0 spiro atoms. The standard InChI is InChI=1S/C14H14N2O3/c1-9(17)11-4-2-3-5-12(11)16-14(19)10-6-7-13(18)15-8-10/h2-9,17H,1H3,(H,15,18)(H,16,19). The van der Waals surface area contributed by atoms with Crippen molar-refractivity contribution < 1.29 is 9.90 Å². The summed E-state index contributed by atoms with van der Waals surface area (Å²) in [5, 5.41) is 12.3. The van der Waals surface area contributed by atoms with Crippen molar-refractivity contribution in [3.8, 4) is 0 Å². The summed E-state index contributed by atoms with van der Waals surface area (Å²) in [4.78, 5) is 25.3. The van der Waals surface area contributed by atoms with E-state index in [4.69, 9.17) is 0 Å². The molecule has 2 aromatic rings. The third-order valence-corrected chi connectivity index (χ3v) is 2.71. The zero-order valence-electron chi connectivity index (χ0n) is 10.4. The van der Waals surface area contributed by atoms with Crippen LogP contribution in [0.25, 0.3) is 0 Å². The third kappa shape index (κ3) is 3.08. The van der Waals surface area contributed by atoms with Gasteiger partial charge in [0.25, 0.3) is 5.91 Å². The molecular formula is C14H14N2O3. The number of nitrogens with one attached hydrogen (secondary N) is 2. The quantitative estimate of drug-likeness (QED) is 0.783. The monoisotopic (exact) mass is 258 g/mol. The van der Waals surface area contributed by atoms with Crippen LogP contribution in [0.2, 0.25) is 0 Å². The van der Waals surface area contributed by atoms with E-state index in [1.165, 1.54) is 18.3 Å². The average molecular weight is 258 g/mol. The van der Waals surface area contributed by atoms with Crippen LogP contribution in [-0.4, -0.2) is 16.0 Å². The van der Waals surface area contributed by atoms with Crippen LogP contribution in [0.3, 0.4) is 0 Å². The third-order valence-electron chi connectivity index (χ3n) is 2.71. The molecule has 1 atom stereocenters. The minimum atomic E-state index is -0.674. The molecular weight excluding hydrogens is 244 g/mol. The molecule has 0 saturated carbocycles. The molecule has 2 rings (SSSR count). The van der Waals surface area contributed by atoms with Crippen LogP contribution in [-0.2, 0) is 0 Å². The van der Waals surface area contributed by atoms with Crippen molar-refractivity contribution in [2.75, 3.05) is 5.32 Å². The molecule has 0 radical (unpaired) electrons. The lowest BCUT2D eigenvalue weighted by Gasteiger charge is -2.12. The van der Waals surface area contributed by atoms with Crippen molar-refractivity contribution in [2.24, 2.45) is 0 Å². The van der Waals surface area contributed by atoms with Gasteiger partial charge >= 0.3 is 0 Å². The van der Waals surface area contributed by atoms with E-state index in [1.807, 2.05) is 0 Å². The fourth-order valence-corrected chi connectivity index (χ4v) is 1.72. The zero-order valence-corrected chi connectivity index (χ0v) is 10.4. The van der Waals surface area contributed by atoms with Gasteiger partial charge in [-0.15, -0.1) is 0 Å². The van der Waals surface area contributed by atoms with Crippen LogP contribution in [0, 0.1) is 0 Å². The molecule has 1 heterocycles. The van der Waals surface area contributed by atoms with Gasteiger partial charge in [-0.25, -0.2) is 0 Å². The second kappa shape index (κ2) is 5.49. The average Bonchev–Trinajstić information content (AvgIpc) is 2.39. The van der Waals surface area contributed by atoms with E-state index in [9.17, 15) is 14.7 Å². The number of anilines is 1. The van der Waals surface area contributed by atoms with Crippen LogP contribution >= 0.6 is 0 Å². The number of aromatic amines is 1. The highest BCUT2D eigenvalue weighted by Gasteiger charge is 2.11. The molecule has 0 aliphatic rings. The first kappa shape index (κ1) is 13.0. The molecule has 1 unspecified atom stereocenters. The number of amides is 1. The van der Waals surface area contributed by atoms with Gasteiger partial charge in [-0.1, -0.05) is 18.2 Å². The van der Waals surface area contributed by atoms with Crippen LogP contribution in [0.1, 0.15) is 28.9 Å². The van der Waals surface area contributed by atoms with Crippen molar-refractivity contribution in [1.82, 2.24) is 4.98 Å². The van der Waals surface area contributed by atoms with Gasteiger partial charge in [-0.2, -0.15) is 0 Å². The summed E-state index contributed by atoms with van der Waals surface area (Å²) >= 11 is 0. The number of H-pyrrole nitrogens is 1. The molecule has 1 aromatic heterocycles. The van der Waals surface area contributed by atoms with Gasteiger partial charge in [-0.05, 0) is 19.1 Å². The summed E-state index contributed by atoms with van der Waals surface area (Å²) in [5.74, 6) is -0.343. The lowest BCUT2D eigenvalue weighted by molar-refractivity contribution is 0.102. The molecule has 98 valence electrons. The van der Waals surface area contributed by atoms with Crippen LogP contribution in [0.15, 0.2) is 47.4 Å². The molecule has 3 N–H and O–H groups in total. The first-order valence-electron chi connectivity index (χ1n) is 5.85. The lowest BCUT2D eigenvalue weighted by atomic mass is 10.1. The minimum absolute atomic E-state index is 0.263. The SMILES string of the molecule is CC(O)c1ccccc1NC(=O)c1ccc(=O)[nH]c1. The highest BCUT2D eigenvalue weighted by Crippen LogP contribution is 2.22. The lowest BCUT2D eigenvalue weighted by Crippen LogP contribution is -2.16. The minimum Gasteiger partial charge on any atom is -0.389 e. The number of rotatable bonds is 3. The van der Waals surface area contributed by atoms with Gasteiger partial charge in [0.05, 0.1) is 11.7 Å². The van der Waals surface area contributed by atoms with E-state index in [0.717, 1.165) is 0 Å². The maximum Gasteiger partial charge on any atom is 0.257 e. The fraction of sp³-hybridized carbons (Fsp3) is 0.143. The Balaban J connectivity index is 2.24. The van der Waals surface area contributed by atoms with Crippen LogP contribution < -0.4 is 10.9 Å². The van der Waals surface area contributed by atoms with E-state index < -0.39 is 6.10 Å². The Morgan fingerprint density at radius 1 is 1.26 bits per heavy atom. The van der Waals surface area contributed by atoms with E-state index in [2.05, 4.69) is 10.3 Å². The first-order valence-corrected chi connectivity index (χ1v) is 5.85. The van der Waals surface area contributed by atoms with Crippen molar-refractivity contribution in [1.29, 1.82) is 0 Å². The molecule has 19 heavy (non-hydrogen) atoms. The van der Waals surface area contributed by atoms with Gasteiger partial charge < -0.3 is 15.4 Å². The largest absolute Gasteiger partial charge is 0.389 e. The number of hydrogen-bond acceptors (Lipinski definition) is 3. The normalized spacial score (nSPS) is 11.9. The number of pyridine rings is 1. The maximum absolute atomic E-state index is 12.0. The van der Waals surface area contributed by atoms with E-state index in [-0.39, 0.29) is 11.5 Å². The summed E-state index contributed by atoms with van der Waals surface area (Å²) in [6, 6.07) is 9.75. The Kier molecular flexibility index (Phi) is 3.77. The molecule has 1 amide bonds. The van der Waals surface area contributed by atoms with Crippen molar-refractivity contribution in [2.45, 2.75) is 13.0 Å². The first-order chi connectivity index (χ1) is 9.08. The fourth-order valence-electron chi connectivity index (χ4n) is 1.72. The molecule has 0 saturated heterocycles.